The molecule has 3 aromatic heterocycles. The molecule has 31 heavy (non-hydrogen) atoms. The maximum atomic E-state index is 11.9. The first kappa shape index (κ1) is 22.6. The number of alkyl carbamates (subject to hydrolysis) is 1. The van der Waals surface area contributed by atoms with Gasteiger partial charge in [-0.2, -0.15) is 0 Å². The molecule has 0 bridgehead atoms. The van der Waals surface area contributed by atoms with Crippen molar-refractivity contribution in [1.29, 1.82) is 0 Å². The minimum Gasteiger partial charge on any atom is -0.444 e. The van der Waals surface area contributed by atoms with E-state index in [9.17, 15) is 4.79 Å². The summed E-state index contributed by atoms with van der Waals surface area (Å²) in [5, 5.41) is 2.82. The van der Waals surface area contributed by atoms with Crippen LogP contribution in [0.5, 0.6) is 0 Å². The second-order valence-corrected chi connectivity index (χ2v) is 11.3. The number of carbonyl (C=O) groups is 1. The van der Waals surface area contributed by atoms with Gasteiger partial charge in [-0.25, -0.2) is 34.7 Å². The lowest BCUT2D eigenvalue weighted by Gasteiger charge is -2.23. The van der Waals surface area contributed by atoms with Crippen LogP contribution in [-0.4, -0.2) is 54.3 Å². The van der Waals surface area contributed by atoms with Crippen LogP contribution in [0.2, 0.25) is 0 Å². The van der Waals surface area contributed by atoms with Gasteiger partial charge in [-0.05, 0) is 33.6 Å². The molecule has 0 aliphatic rings. The third-order valence-electron chi connectivity index (χ3n) is 4.46. The predicted molar refractivity (Wildman–Crippen MR) is 120 cm³/mol. The molecule has 3 heterocycles. The number of hydrogen-bond donors (Lipinski definition) is 1. The van der Waals surface area contributed by atoms with E-state index in [2.05, 4.69) is 35.2 Å². The third kappa shape index (κ3) is 5.98. The van der Waals surface area contributed by atoms with E-state index >= 15 is 0 Å². The number of amides is 1. The summed E-state index contributed by atoms with van der Waals surface area (Å²) in [5.74, 6) is 0. The van der Waals surface area contributed by atoms with Gasteiger partial charge in [0.05, 0.1) is 6.16 Å². The Bertz CT molecular complexity index is 857. The highest BCUT2D eigenvalue weighted by molar-refractivity contribution is 7.95. The van der Waals surface area contributed by atoms with Crippen molar-refractivity contribution in [3.63, 3.8) is 0 Å². The summed E-state index contributed by atoms with van der Waals surface area (Å²) in [6.45, 7) is 6.05. The van der Waals surface area contributed by atoms with Crippen molar-refractivity contribution in [3.05, 3.63) is 55.8 Å². The van der Waals surface area contributed by atoms with E-state index in [4.69, 9.17) is 4.74 Å². The zero-order chi connectivity index (χ0) is 22.2. The van der Waals surface area contributed by atoms with E-state index < -0.39 is 19.0 Å². The molecule has 1 amide bonds. The zero-order valence-corrected chi connectivity index (χ0v) is 18.9. The molecule has 0 radical (unpaired) electrons. The van der Waals surface area contributed by atoms with Crippen molar-refractivity contribution in [2.75, 3.05) is 12.7 Å². The molecule has 10 heteroatoms. The van der Waals surface area contributed by atoms with Gasteiger partial charge in [0.15, 0.2) is 23.6 Å². The Morgan fingerprint density at radius 3 is 1.74 bits per heavy atom. The Morgan fingerprint density at radius 2 is 1.35 bits per heavy atom. The van der Waals surface area contributed by atoms with Gasteiger partial charge in [-0.1, -0.05) is 0 Å². The number of nitrogens with zero attached hydrogens (tertiary/aromatic N) is 6. The highest BCUT2D eigenvalue weighted by atomic mass is 31.2. The first-order chi connectivity index (χ1) is 14.9. The smallest absolute Gasteiger partial charge is 0.407 e. The Hall–Kier alpha value is -3.06. The Balaban J connectivity index is 1.83. The van der Waals surface area contributed by atoms with E-state index in [1.807, 2.05) is 39.0 Å². The predicted octanol–water partition coefficient (Wildman–Crippen LogP) is 1.66. The highest BCUT2D eigenvalue weighted by Crippen LogP contribution is 2.54. The van der Waals surface area contributed by atoms with Gasteiger partial charge in [0.1, 0.15) is 24.6 Å². The van der Waals surface area contributed by atoms with E-state index in [0.717, 1.165) is 35.3 Å². The molecule has 0 aliphatic heterocycles. The van der Waals surface area contributed by atoms with Crippen molar-refractivity contribution in [3.8, 4) is 0 Å². The van der Waals surface area contributed by atoms with Gasteiger partial charge in [0.2, 0.25) is 0 Å². The second-order valence-electron chi connectivity index (χ2n) is 7.87. The van der Waals surface area contributed by atoms with Crippen LogP contribution in [0.4, 0.5) is 4.79 Å². The van der Waals surface area contributed by atoms with Gasteiger partial charge < -0.3 is 10.1 Å². The van der Waals surface area contributed by atoms with Gasteiger partial charge in [-0.15, -0.1) is 0 Å². The molecule has 0 saturated carbocycles. The normalized spacial score (nSPS) is 11.7. The molecule has 0 spiro atoms. The molecule has 0 aromatic carbocycles. The number of ether oxygens (including phenoxy) is 1. The molecule has 0 atom stereocenters. The lowest BCUT2D eigenvalue weighted by atomic mass is 10.2. The number of aromatic nitrogens is 6. The summed E-state index contributed by atoms with van der Waals surface area (Å²) in [6, 6.07) is 5.78. The maximum Gasteiger partial charge on any atom is 0.407 e. The number of hydrogen-bond acceptors (Lipinski definition) is 8. The lowest BCUT2D eigenvalue weighted by molar-refractivity contribution is 0.0527. The number of nitrogens with one attached hydrogen (secondary N) is 1. The number of rotatable bonds is 8. The molecule has 162 valence electrons. The molecule has 9 nitrogen and oxygen atoms in total. The van der Waals surface area contributed by atoms with E-state index in [-0.39, 0.29) is 0 Å². The summed E-state index contributed by atoms with van der Waals surface area (Å²) in [5.41, 5.74) is 2.19. The number of carbonyl (C=O) groups excluding carboxylic acids is 1. The Labute approximate surface area is 182 Å². The Kier molecular flexibility index (Phi) is 7.52. The third-order valence-corrected chi connectivity index (χ3v) is 8.59. The zero-order valence-electron chi connectivity index (χ0n) is 18.0. The summed E-state index contributed by atoms with van der Waals surface area (Å²) in [6.07, 6.45) is 11.9. The van der Waals surface area contributed by atoms with Crippen LogP contribution in [0.15, 0.2) is 55.8 Å². The quantitative estimate of drug-likeness (QED) is 0.415. The average molecular weight is 440 g/mol. The van der Waals surface area contributed by atoms with Gasteiger partial charge >= 0.3 is 6.09 Å². The van der Waals surface area contributed by atoms with Gasteiger partial charge in [-0.3, -0.25) is 0 Å². The summed E-state index contributed by atoms with van der Waals surface area (Å²) in [4.78, 5) is 38.0. The highest BCUT2D eigenvalue weighted by Gasteiger charge is 2.49. The van der Waals surface area contributed by atoms with Crippen LogP contribution in [0.3, 0.4) is 0 Å². The van der Waals surface area contributed by atoms with Crippen LogP contribution < -0.4 is 21.6 Å². The van der Waals surface area contributed by atoms with E-state index in [1.54, 1.807) is 37.6 Å². The monoisotopic (exact) mass is 440 g/mol. The van der Waals surface area contributed by atoms with Crippen LogP contribution in [0.1, 0.15) is 33.6 Å². The molecular weight excluding hydrogens is 413 g/mol. The first-order valence-electron chi connectivity index (χ1n) is 10.1. The van der Waals surface area contributed by atoms with Crippen LogP contribution in [-0.2, 0) is 4.74 Å². The van der Waals surface area contributed by atoms with Crippen molar-refractivity contribution in [2.24, 2.45) is 0 Å². The summed E-state index contributed by atoms with van der Waals surface area (Å²) in [7, 11) is -2.25. The molecule has 0 aliphatic carbocycles. The molecule has 3 aromatic rings. The van der Waals surface area contributed by atoms with Crippen molar-refractivity contribution in [2.45, 2.75) is 39.2 Å². The van der Waals surface area contributed by atoms with E-state index in [1.165, 1.54) is 0 Å². The van der Waals surface area contributed by atoms with Crippen LogP contribution in [0.25, 0.3) is 0 Å². The minimum absolute atomic E-state index is 0.407. The van der Waals surface area contributed by atoms with Gasteiger partial charge in [0.25, 0.3) is 0 Å². The first-order valence-corrected chi connectivity index (χ1v) is 12.0. The average Bonchev–Trinajstić information content (AvgIpc) is 2.77. The second kappa shape index (κ2) is 10.3. The fourth-order valence-corrected chi connectivity index (χ4v) is 7.00. The van der Waals surface area contributed by atoms with Crippen molar-refractivity contribution < 1.29 is 9.53 Å². The standard InChI is InChI=1S/C21H26N7O2P/c1-21(2,3)30-20(29)25-9-4-5-13-31(17-6-10-22-14-26-17,18-7-11-23-15-27-18)19-8-12-24-16-28-19/h6-8,10-12,14-16H,4-5,9,13H2,1-3H3/p+1. The maximum absolute atomic E-state index is 11.9. The summed E-state index contributed by atoms with van der Waals surface area (Å²) >= 11 is 0. The molecule has 3 rings (SSSR count). The largest absolute Gasteiger partial charge is 0.444 e. The Morgan fingerprint density at radius 1 is 0.871 bits per heavy atom. The van der Waals surface area contributed by atoms with Crippen LogP contribution >= 0.6 is 7.26 Å². The lowest BCUT2D eigenvalue weighted by Crippen LogP contribution is -2.38. The molecule has 0 fully saturated rings. The fraction of sp³-hybridized carbons (Fsp3) is 0.381. The molecule has 0 saturated heterocycles. The van der Waals surface area contributed by atoms with Crippen molar-refractivity contribution >= 4 is 29.7 Å². The van der Waals surface area contributed by atoms with Crippen LogP contribution in [0, 0.1) is 0 Å². The minimum atomic E-state index is -2.25. The SMILES string of the molecule is CC(C)(C)OC(=O)NCCCC[P+](c1ccncn1)(c1ccncn1)c1ccncn1. The summed E-state index contributed by atoms with van der Waals surface area (Å²) < 4.78 is 5.30. The molecule has 1 N–H and O–H groups in total. The van der Waals surface area contributed by atoms with E-state index in [0.29, 0.717) is 6.54 Å². The fourth-order valence-electron chi connectivity index (χ4n) is 3.20. The van der Waals surface area contributed by atoms with Crippen molar-refractivity contribution in [1.82, 2.24) is 35.2 Å². The topological polar surface area (TPSA) is 116 Å². The number of unbranched alkanes of at least 4 members (excludes halogenated alkanes) is 1. The molecule has 0 unspecified atom stereocenters. The molecular formula is C21H27N7O2P+. The van der Waals surface area contributed by atoms with Gasteiger partial charge in [0, 0.05) is 43.3 Å².